The van der Waals surface area contributed by atoms with Crippen LogP contribution in [0.1, 0.15) is 0 Å². The summed E-state index contributed by atoms with van der Waals surface area (Å²) in [6, 6.07) is 1.92. The van der Waals surface area contributed by atoms with Gasteiger partial charge in [0.2, 0.25) is 5.82 Å². The summed E-state index contributed by atoms with van der Waals surface area (Å²) in [5.41, 5.74) is 0. The average molecular weight is 138 g/mol. The van der Waals surface area contributed by atoms with Crippen molar-refractivity contribution < 1.29 is 0 Å². The summed E-state index contributed by atoms with van der Waals surface area (Å²) < 4.78 is 0.739. The molecule has 0 radical (unpaired) electrons. The Hall–Kier alpha value is -0.960. The van der Waals surface area contributed by atoms with Gasteiger partial charge in [-0.3, -0.25) is 4.48 Å². The standard InChI is InChI=1S/C7H12N3/c1-10(2,3)7-4-5-8-6-9-7/h4-6H,1-3H3/q+1. The predicted octanol–water partition coefficient (Wildman–Crippen LogP) is 0.673. The quantitative estimate of drug-likeness (QED) is 0.533. The van der Waals surface area contributed by atoms with Crippen LogP contribution in [-0.4, -0.2) is 31.1 Å². The minimum Gasteiger partial charge on any atom is -0.282 e. The zero-order chi connectivity index (χ0) is 7.61. The Kier molecular flexibility index (Phi) is 1.68. The molecule has 0 atom stereocenters. The van der Waals surface area contributed by atoms with Gasteiger partial charge in [-0.15, -0.1) is 0 Å². The molecular formula is C7H12N3+. The summed E-state index contributed by atoms with van der Waals surface area (Å²) in [6.07, 6.45) is 3.32. The molecule has 54 valence electrons. The Morgan fingerprint density at radius 2 is 2.00 bits per heavy atom. The van der Waals surface area contributed by atoms with Crippen LogP contribution in [0.15, 0.2) is 18.6 Å². The van der Waals surface area contributed by atoms with Crippen LogP contribution in [0.3, 0.4) is 0 Å². The van der Waals surface area contributed by atoms with E-state index in [1.165, 1.54) is 0 Å². The second kappa shape index (κ2) is 2.34. The maximum atomic E-state index is 4.11. The first-order chi connectivity index (χ1) is 4.61. The van der Waals surface area contributed by atoms with Crippen LogP contribution in [0.4, 0.5) is 5.82 Å². The largest absolute Gasteiger partial charge is 0.282 e. The van der Waals surface area contributed by atoms with Gasteiger partial charge < -0.3 is 0 Å². The fraction of sp³-hybridized carbons (Fsp3) is 0.429. The van der Waals surface area contributed by atoms with Crippen molar-refractivity contribution in [2.45, 2.75) is 0 Å². The van der Waals surface area contributed by atoms with E-state index in [1.54, 1.807) is 12.5 Å². The van der Waals surface area contributed by atoms with Crippen LogP contribution in [0, 0.1) is 0 Å². The van der Waals surface area contributed by atoms with E-state index < -0.39 is 0 Å². The van der Waals surface area contributed by atoms with Gasteiger partial charge in [0.25, 0.3) is 0 Å². The van der Waals surface area contributed by atoms with Gasteiger partial charge >= 0.3 is 0 Å². The van der Waals surface area contributed by atoms with E-state index in [0.29, 0.717) is 0 Å². The maximum Gasteiger partial charge on any atom is 0.229 e. The van der Waals surface area contributed by atoms with E-state index in [1.807, 2.05) is 6.07 Å². The topological polar surface area (TPSA) is 25.8 Å². The van der Waals surface area contributed by atoms with E-state index in [-0.39, 0.29) is 0 Å². The van der Waals surface area contributed by atoms with Crippen molar-refractivity contribution >= 4 is 5.82 Å². The van der Waals surface area contributed by atoms with E-state index >= 15 is 0 Å². The first-order valence-corrected chi connectivity index (χ1v) is 3.19. The van der Waals surface area contributed by atoms with Gasteiger partial charge in [-0.25, -0.2) is 4.98 Å². The van der Waals surface area contributed by atoms with Gasteiger partial charge in [-0.2, -0.15) is 4.98 Å². The Morgan fingerprint density at radius 3 is 2.30 bits per heavy atom. The fourth-order valence-corrected chi connectivity index (χ4v) is 0.681. The molecule has 0 aliphatic rings. The van der Waals surface area contributed by atoms with Gasteiger partial charge in [0.05, 0.1) is 21.1 Å². The number of quaternary nitrogens is 1. The summed E-state index contributed by atoms with van der Waals surface area (Å²) in [5.74, 6) is 1.02. The van der Waals surface area contributed by atoms with Crippen molar-refractivity contribution in [3.8, 4) is 0 Å². The molecule has 1 rings (SSSR count). The first kappa shape index (κ1) is 7.15. The van der Waals surface area contributed by atoms with Crippen molar-refractivity contribution in [2.75, 3.05) is 21.1 Å². The fourth-order valence-electron chi connectivity index (χ4n) is 0.681. The lowest BCUT2D eigenvalue weighted by Gasteiger charge is -2.20. The van der Waals surface area contributed by atoms with Crippen molar-refractivity contribution in [1.82, 2.24) is 14.5 Å². The molecule has 0 aliphatic carbocycles. The molecule has 0 N–H and O–H groups in total. The second-order valence-corrected chi connectivity index (χ2v) is 3.08. The Labute approximate surface area is 60.9 Å². The number of aromatic nitrogens is 2. The maximum absolute atomic E-state index is 4.11. The highest BCUT2D eigenvalue weighted by Crippen LogP contribution is 2.08. The van der Waals surface area contributed by atoms with Crippen molar-refractivity contribution in [1.29, 1.82) is 0 Å². The summed E-state index contributed by atoms with van der Waals surface area (Å²) in [7, 11) is 6.22. The minimum absolute atomic E-state index is 0.739. The summed E-state index contributed by atoms with van der Waals surface area (Å²) >= 11 is 0. The summed E-state index contributed by atoms with van der Waals surface area (Å²) in [5, 5.41) is 0. The molecule has 10 heavy (non-hydrogen) atoms. The molecule has 0 saturated heterocycles. The molecule has 0 fully saturated rings. The molecule has 0 aliphatic heterocycles. The van der Waals surface area contributed by atoms with Crippen LogP contribution in [0.2, 0.25) is 0 Å². The van der Waals surface area contributed by atoms with Gasteiger partial charge in [-0.1, -0.05) is 0 Å². The van der Waals surface area contributed by atoms with Crippen molar-refractivity contribution in [3.05, 3.63) is 18.6 Å². The highest BCUT2D eigenvalue weighted by atomic mass is 15.3. The first-order valence-electron chi connectivity index (χ1n) is 3.19. The lowest BCUT2D eigenvalue weighted by Crippen LogP contribution is -2.35. The van der Waals surface area contributed by atoms with Crippen LogP contribution >= 0.6 is 0 Å². The Balaban J connectivity index is 2.97. The predicted molar refractivity (Wildman–Crippen MR) is 41.6 cm³/mol. The van der Waals surface area contributed by atoms with E-state index in [2.05, 4.69) is 31.1 Å². The van der Waals surface area contributed by atoms with Gasteiger partial charge in [0.15, 0.2) is 0 Å². The molecule has 1 aromatic rings. The number of hydrogen-bond acceptors (Lipinski definition) is 2. The zero-order valence-electron chi connectivity index (χ0n) is 6.57. The SMILES string of the molecule is C[N+](C)(C)c1ccncn1. The smallest absolute Gasteiger partial charge is 0.229 e. The second-order valence-electron chi connectivity index (χ2n) is 3.08. The van der Waals surface area contributed by atoms with E-state index in [0.717, 1.165) is 10.3 Å². The highest BCUT2D eigenvalue weighted by molar-refractivity contribution is 5.28. The lowest BCUT2D eigenvalue weighted by molar-refractivity contribution is 0.472. The average Bonchev–Trinajstić information content (AvgIpc) is 1.88. The molecule has 0 spiro atoms. The molecule has 0 amide bonds. The lowest BCUT2D eigenvalue weighted by atomic mass is 10.5. The van der Waals surface area contributed by atoms with Gasteiger partial charge in [-0.05, 0) is 0 Å². The van der Waals surface area contributed by atoms with Crippen LogP contribution in [0.5, 0.6) is 0 Å². The minimum atomic E-state index is 0.739. The molecule has 3 nitrogen and oxygen atoms in total. The van der Waals surface area contributed by atoms with E-state index in [9.17, 15) is 0 Å². The van der Waals surface area contributed by atoms with Gasteiger partial charge in [0, 0.05) is 12.3 Å². The van der Waals surface area contributed by atoms with Crippen molar-refractivity contribution in [3.63, 3.8) is 0 Å². The molecule has 0 aromatic carbocycles. The third kappa shape index (κ3) is 1.51. The Bertz CT molecular complexity index is 200. The van der Waals surface area contributed by atoms with Crippen LogP contribution < -0.4 is 4.48 Å². The molecule has 0 saturated carbocycles. The molecule has 1 heterocycles. The molecule has 1 aromatic heterocycles. The van der Waals surface area contributed by atoms with Crippen molar-refractivity contribution in [2.24, 2.45) is 0 Å². The monoisotopic (exact) mass is 138 g/mol. The Morgan fingerprint density at radius 1 is 1.30 bits per heavy atom. The highest BCUT2D eigenvalue weighted by Gasteiger charge is 2.11. The summed E-state index contributed by atoms with van der Waals surface area (Å²) in [4.78, 5) is 7.95. The molecule has 0 unspecified atom stereocenters. The number of nitrogens with zero attached hydrogens (tertiary/aromatic N) is 3. The molecule has 0 bridgehead atoms. The van der Waals surface area contributed by atoms with Crippen LogP contribution in [-0.2, 0) is 0 Å². The third-order valence-electron chi connectivity index (χ3n) is 1.25. The molecule has 3 heteroatoms. The third-order valence-corrected chi connectivity index (χ3v) is 1.25. The van der Waals surface area contributed by atoms with Gasteiger partial charge in [0.1, 0.15) is 6.33 Å². The number of rotatable bonds is 1. The normalized spacial score (nSPS) is 11.5. The zero-order valence-corrected chi connectivity index (χ0v) is 6.57. The molecular weight excluding hydrogens is 126 g/mol. The number of hydrogen-bond donors (Lipinski definition) is 0. The summed E-state index contributed by atoms with van der Waals surface area (Å²) in [6.45, 7) is 0. The van der Waals surface area contributed by atoms with Crippen LogP contribution in [0.25, 0.3) is 0 Å². The van der Waals surface area contributed by atoms with E-state index in [4.69, 9.17) is 0 Å².